The third-order valence-electron chi connectivity index (χ3n) is 3.16. The zero-order valence-corrected chi connectivity index (χ0v) is 6.89. The van der Waals surface area contributed by atoms with E-state index in [4.69, 9.17) is 4.74 Å². The predicted molar refractivity (Wildman–Crippen MR) is 40.0 cm³/mol. The summed E-state index contributed by atoms with van der Waals surface area (Å²) in [5.41, 5.74) is -0.144. The molecule has 2 rings (SSSR count). The van der Waals surface area contributed by atoms with Gasteiger partial charge in [-0.2, -0.15) is 0 Å². The summed E-state index contributed by atoms with van der Waals surface area (Å²) in [6.07, 6.45) is 1.02. The molecule has 2 fully saturated rings. The van der Waals surface area contributed by atoms with Crippen molar-refractivity contribution in [3.63, 3.8) is 0 Å². The van der Waals surface area contributed by atoms with E-state index < -0.39 is 0 Å². The lowest BCUT2D eigenvalue weighted by Gasteiger charge is -2.16. The normalized spacial score (nSPS) is 46.7. The quantitative estimate of drug-likeness (QED) is 0.548. The Morgan fingerprint density at radius 1 is 1.73 bits per heavy atom. The summed E-state index contributed by atoms with van der Waals surface area (Å²) in [6.45, 7) is 3.04. The number of hydrogen-bond donors (Lipinski definition) is 1. The molecule has 0 spiro atoms. The van der Waals surface area contributed by atoms with Gasteiger partial charge in [-0.15, -0.1) is 0 Å². The van der Waals surface area contributed by atoms with Crippen LogP contribution in [0.4, 0.5) is 0 Å². The summed E-state index contributed by atoms with van der Waals surface area (Å²) >= 11 is 0. The summed E-state index contributed by atoms with van der Waals surface area (Å²) in [5, 5.41) is 3.27. The van der Waals surface area contributed by atoms with Gasteiger partial charge in [0.25, 0.3) is 0 Å². The van der Waals surface area contributed by atoms with Crippen molar-refractivity contribution < 1.29 is 9.53 Å². The van der Waals surface area contributed by atoms with Crippen LogP contribution < -0.4 is 5.32 Å². The topological polar surface area (TPSA) is 38.3 Å². The number of carbonyl (C=O) groups is 1. The summed E-state index contributed by atoms with van der Waals surface area (Å²) in [4.78, 5) is 11.3. The van der Waals surface area contributed by atoms with Gasteiger partial charge >= 0.3 is 5.97 Å². The molecule has 1 N–H and O–H groups in total. The molecule has 0 aromatic rings. The molecule has 3 nitrogen and oxygen atoms in total. The summed E-state index contributed by atoms with van der Waals surface area (Å²) in [5.74, 6) is 0.518. The average molecular weight is 155 g/mol. The first-order valence-electron chi connectivity index (χ1n) is 4.03. The Morgan fingerprint density at radius 3 is 2.82 bits per heavy atom. The highest BCUT2D eigenvalue weighted by atomic mass is 16.5. The van der Waals surface area contributed by atoms with Crippen molar-refractivity contribution in [3.05, 3.63) is 0 Å². The van der Waals surface area contributed by atoms with Crippen molar-refractivity contribution >= 4 is 5.97 Å². The molecular formula is C8H13NO2. The number of ether oxygens (including phenoxy) is 1. The molecule has 3 atom stereocenters. The number of nitrogens with one attached hydrogen (secondary N) is 1. The number of carbonyl (C=O) groups excluding carboxylic acids is 1. The second-order valence-corrected chi connectivity index (χ2v) is 3.56. The molecule has 0 aromatic carbocycles. The van der Waals surface area contributed by atoms with Crippen LogP contribution in [-0.2, 0) is 9.53 Å². The highest BCUT2D eigenvalue weighted by Gasteiger charge is 2.67. The van der Waals surface area contributed by atoms with Crippen LogP contribution in [0.2, 0.25) is 0 Å². The van der Waals surface area contributed by atoms with E-state index in [0.29, 0.717) is 12.0 Å². The smallest absolute Gasteiger partial charge is 0.313 e. The van der Waals surface area contributed by atoms with E-state index in [9.17, 15) is 4.79 Å². The van der Waals surface area contributed by atoms with Crippen LogP contribution in [0, 0.1) is 11.3 Å². The maximum absolute atomic E-state index is 11.3. The van der Waals surface area contributed by atoms with Gasteiger partial charge in [-0.05, 0) is 25.8 Å². The second-order valence-electron chi connectivity index (χ2n) is 3.56. The molecule has 0 bridgehead atoms. The van der Waals surface area contributed by atoms with Crippen LogP contribution >= 0.6 is 0 Å². The molecular weight excluding hydrogens is 142 g/mol. The van der Waals surface area contributed by atoms with Gasteiger partial charge in [-0.3, -0.25) is 4.79 Å². The van der Waals surface area contributed by atoms with E-state index in [-0.39, 0.29) is 11.4 Å². The largest absolute Gasteiger partial charge is 0.469 e. The number of methoxy groups -OCH3 is 1. The summed E-state index contributed by atoms with van der Waals surface area (Å²) < 4.78 is 4.77. The lowest BCUT2D eigenvalue weighted by Crippen LogP contribution is -2.34. The minimum atomic E-state index is -0.144. The van der Waals surface area contributed by atoms with Gasteiger partial charge in [-0.25, -0.2) is 0 Å². The lowest BCUT2D eigenvalue weighted by molar-refractivity contribution is -0.147. The molecule has 0 aromatic heterocycles. The lowest BCUT2D eigenvalue weighted by atomic mass is 9.99. The van der Waals surface area contributed by atoms with Crippen LogP contribution in [0.3, 0.4) is 0 Å². The Bertz CT molecular complexity index is 204. The van der Waals surface area contributed by atoms with Crippen molar-refractivity contribution in [2.45, 2.75) is 19.4 Å². The zero-order chi connectivity index (χ0) is 8.06. The fourth-order valence-electron chi connectivity index (χ4n) is 2.25. The van der Waals surface area contributed by atoms with Gasteiger partial charge in [0.1, 0.15) is 0 Å². The molecule has 0 unspecified atom stereocenters. The highest BCUT2D eigenvalue weighted by molar-refractivity contribution is 5.82. The minimum Gasteiger partial charge on any atom is -0.469 e. The van der Waals surface area contributed by atoms with Gasteiger partial charge < -0.3 is 10.1 Å². The van der Waals surface area contributed by atoms with Crippen molar-refractivity contribution in [1.82, 2.24) is 5.32 Å². The Hall–Kier alpha value is -0.570. The molecule has 1 heterocycles. The first kappa shape index (κ1) is 7.10. The highest BCUT2D eigenvalue weighted by Crippen LogP contribution is 2.58. The van der Waals surface area contributed by atoms with E-state index in [1.807, 2.05) is 0 Å². The fraction of sp³-hybridized carbons (Fsp3) is 0.875. The molecule has 2 aliphatic rings. The first-order valence-corrected chi connectivity index (χ1v) is 4.03. The molecule has 1 aliphatic carbocycles. The number of hydrogen-bond acceptors (Lipinski definition) is 3. The fourth-order valence-corrected chi connectivity index (χ4v) is 2.25. The SMILES string of the molecule is COC(=O)[C@@]12C[C@@H]1CN[C@H]2C. The maximum Gasteiger partial charge on any atom is 0.313 e. The summed E-state index contributed by atoms with van der Waals surface area (Å²) in [7, 11) is 1.47. The third kappa shape index (κ3) is 0.692. The Morgan fingerprint density at radius 2 is 2.45 bits per heavy atom. The third-order valence-corrected chi connectivity index (χ3v) is 3.16. The van der Waals surface area contributed by atoms with Crippen molar-refractivity contribution in [2.24, 2.45) is 11.3 Å². The van der Waals surface area contributed by atoms with Crippen molar-refractivity contribution in [1.29, 1.82) is 0 Å². The molecule has 0 radical (unpaired) electrons. The molecule has 1 aliphatic heterocycles. The van der Waals surface area contributed by atoms with Crippen LogP contribution in [0.5, 0.6) is 0 Å². The average Bonchev–Trinajstić information content (AvgIpc) is 2.68. The first-order chi connectivity index (χ1) is 5.21. The Balaban J connectivity index is 2.18. The molecule has 1 saturated heterocycles. The molecule has 3 heteroatoms. The number of esters is 1. The minimum absolute atomic E-state index is 0.0278. The number of rotatable bonds is 1. The van der Waals surface area contributed by atoms with E-state index in [0.717, 1.165) is 13.0 Å². The standard InChI is InChI=1S/C8H13NO2/c1-5-8(7(10)11-2)3-6(8)4-9-5/h5-6,9H,3-4H2,1-2H3/t5-,6+,8+/m0/s1. The molecule has 1 saturated carbocycles. The van der Waals surface area contributed by atoms with Crippen LogP contribution in [-0.4, -0.2) is 25.7 Å². The van der Waals surface area contributed by atoms with Gasteiger partial charge in [0.15, 0.2) is 0 Å². The van der Waals surface area contributed by atoms with Crippen molar-refractivity contribution in [3.8, 4) is 0 Å². The van der Waals surface area contributed by atoms with Crippen molar-refractivity contribution in [2.75, 3.05) is 13.7 Å². The van der Waals surface area contributed by atoms with E-state index in [1.165, 1.54) is 7.11 Å². The number of fused-ring (bicyclic) bond motifs is 1. The molecule has 0 amide bonds. The monoisotopic (exact) mass is 155 g/mol. The summed E-state index contributed by atoms with van der Waals surface area (Å²) in [6, 6.07) is 0.306. The van der Waals surface area contributed by atoms with Gasteiger partial charge in [0, 0.05) is 6.04 Å². The maximum atomic E-state index is 11.3. The van der Waals surface area contributed by atoms with Crippen LogP contribution in [0.1, 0.15) is 13.3 Å². The Labute approximate surface area is 66.1 Å². The Kier molecular flexibility index (Phi) is 1.27. The molecule has 11 heavy (non-hydrogen) atoms. The molecule has 62 valence electrons. The number of piperidine rings is 1. The van der Waals surface area contributed by atoms with Gasteiger partial charge in [0.05, 0.1) is 12.5 Å². The predicted octanol–water partition coefficient (Wildman–Crippen LogP) is 0.157. The van der Waals surface area contributed by atoms with E-state index >= 15 is 0 Å². The van der Waals surface area contributed by atoms with Gasteiger partial charge in [0.2, 0.25) is 0 Å². The van der Waals surface area contributed by atoms with Gasteiger partial charge in [-0.1, -0.05) is 0 Å². The van der Waals surface area contributed by atoms with E-state index in [1.54, 1.807) is 0 Å². The zero-order valence-electron chi connectivity index (χ0n) is 6.89. The van der Waals surface area contributed by atoms with E-state index in [2.05, 4.69) is 12.2 Å². The second kappa shape index (κ2) is 1.97. The van der Waals surface area contributed by atoms with Crippen LogP contribution in [0.25, 0.3) is 0 Å². The van der Waals surface area contributed by atoms with Crippen LogP contribution in [0.15, 0.2) is 0 Å².